The molecule has 2 atom stereocenters. The zero-order valence-electron chi connectivity index (χ0n) is 15.9. The van der Waals surface area contributed by atoms with Crippen molar-refractivity contribution in [3.05, 3.63) is 58.0 Å². The third kappa shape index (κ3) is 5.39. The Kier molecular flexibility index (Phi) is 7.17. The first-order valence-corrected chi connectivity index (χ1v) is 10.4. The van der Waals surface area contributed by atoms with E-state index in [0.29, 0.717) is 13.2 Å². The molecule has 7 heteroatoms. The third-order valence-corrected chi connectivity index (χ3v) is 5.77. The highest BCUT2D eigenvalue weighted by atomic mass is 32.1. The summed E-state index contributed by atoms with van der Waals surface area (Å²) < 4.78 is 18.4. The van der Waals surface area contributed by atoms with E-state index in [1.807, 2.05) is 22.4 Å². The van der Waals surface area contributed by atoms with Gasteiger partial charge in [0, 0.05) is 11.4 Å². The van der Waals surface area contributed by atoms with E-state index in [0.717, 1.165) is 29.8 Å². The van der Waals surface area contributed by atoms with Crippen LogP contribution in [0.3, 0.4) is 0 Å². The molecule has 1 N–H and O–H groups in total. The highest BCUT2D eigenvalue weighted by Crippen LogP contribution is 2.26. The number of benzene rings is 1. The second-order valence-corrected chi connectivity index (χ2v) is 7.87. The van der Waals surface area contributed by atoms with Gasteiger partial charge in [-0.1, -0.05) is 18.2 Å². The molecule has 1 aromatic carbocycles. The summed E-state index contributed by atoms with van der Waals surface area (Å²) in [6, 6.07) is 9.75. The summed E-state index contributed by atoms with van der Waals surface area (Å²) in [5.41, 5.74) is 0.834. The van der Waals surface area contributed by atoms with Crippen LogP contribution in [-0.2, 0) is 14.3 Å². The molecule has 0 saturated carbocycles. The molecule has 5 nitrogen and oxygen atoms in total. The number of rotatable bonds is 7. The minimum absolute atomic E-state index is 0.118. The summed E-state index contributed by atoms with van der Waals surface area (Å²) in [6.07, 6.45) is 1.66. The molecule has 0 aliphatic carbocycles. The van der Waals surface area contributed by atoms with Crippen molar-refractivity contribution in [3.63, 3.8) is 0 Å². The first-order valence-electron chi connectivity index (χ1n) is 9.54. The lowest BCUT2D eigenvalue weighted by molar-refractivity contribution is -0.150. The molecular formula is C21H25FN2O3S. The molecule has 0 unspecified atom stereocenters. The second-order valence-electron chi connectivity index (χ2n) is 6.89. The molecule has 28 heavy (non-hydrogen) atoms. The Morgan fingerprint density at radius 1 is 1.32 bits per heavy atom. The van der Waals surface area contributed by atoms with Crippen molar-refractivity contribution in [3.8, 4) is 0 Å². The summed E-state index contributed by atoms with van der Waals surface area (Å²) in [5.74, 6) is -0.785. The number of likely N-dealkylation sites (tertiary alicyclic amines) is 1. The van der Waals surface area contributed by atoms with Crippen LogP contribution in [-0.4, -0.2) is 43.0 Å². The summed E-state index contributed by atoms with van der Waals surface area (Å²) in [6.45, 7) is 3.71. The quantitative estimate of drug-likeness (QED) is 0.719. The minimum Gasteiger partial charge on any atom is -0.466 e. The number of hydrogen-bond donors (Lipinski definition) is 1. The van der Waals surface area contributed by atoms with Crippen LogP contribution in [0.5, 0.6) is 0 Å². The SMILES string of the molecule is CCOC(=O)[C@H]1CCCN(CC(=O)N[C@@H](c2ccc(F)cc2)c2cccs2)C1. The van der Waals surface area contributed by atoms with Gasteiger partial charge in [-0.25, -0.2) is 4.39 Å². The van der Waals surface area contributed by atoms with Crippen molar-refractivity contribution in [2.45, 2.75) is 25.8 Å². The maximum absolute atomic E-state index is 13.3. The van der Waals surface area contributed by atoms with Crippen molar-refractivity contribution in [2.75, 3.05) is 26.2 Å². The predicted molar refractivity (Wildman–Crippen MR) is 107 cm³/mol. The minimum atomic E-state index is -0.321. The molecule has 1 aliphatic heterocycles. The van der Waals surface area contributed by atoms with Gasteiger partial charge in [0.25, 0.3) is 0 Å². The number of esters is 1. The van der Waals surface area contributed by atoms with Gasteiger partial charge in [0.2, 0.25) is 5.91 Å². The Balaban J connectivity index is 1.64. The number of halogens is 1. The fourth-order valence-electron chi connectivity index (χ4n) is 3.49. The molecule has 1 fully saturated rings. The Labute approximate surface area is 168 Å². The number of amides is 1. The van der Waals surface area contributed by atoms with Crippen molar-refractivity contribution in [1.82, 2.24) is 10.2 Å². The zero-order valence-corrected chi connectivity index (χ0v) is 16.7. The largest absolute Gasteiger partial charge is 0.466 e. The average molecular weight is 405 g/mol. The Morgan fingerprint density at radius 3 is 2.79 bits per heavy atom. The van der Waals surface area contributed by atoms with Crippen LogP contribution in [0.2, 0.25) is 0 Å². The van der Waals surface area contributed by atoms with Gasteiger partial charge in [0.1, 0.15) is 5.82 Å². The topological polar surface area (TPSA) is 58.6 Å². The molecule has 0 radical (unpaired) electrons. The van der Waals surface area contributed by atoms with Crippen molar-refractivity contribution >= 4 is 23.2 Å². The molecule has 1 aliphatic rings. The van der Waals surface area contributed by atoms with Crippen LogP contribution in [0.4, 0.5) is 4.39 Å². The summed E-state index contributed by atoms with van der Waals surface area (Å²) in [7, 11) is 0. The maximum Gasteiger partial charge on any atom is 0.310 e. The van der Waals surface area contributed by atoms with Crippen LogP contribution in [0, 0.1) is 11.7 Å². The van der Waals surface area contributed by atoms with Crippen LogP contribution in [0.1, 0.15) is 36.2 Å². The van der Waals surface area contributed by atoms with E-state index in [9.17, 15) is 14.0 Å². The zero-order chi connectivity index (χ0) is 19.9. The molecule has 150 valence electrons. The van der Waals surface area contributed by atoms with E-state index in [4.69, 9.17) is 4.74 Å². The Hall–Kier alpha value is -2.25. The summed E-state index contributed by atoms with van der Waals surface area (Å²) in [4.78, 5) is 27.7. The molecule has 0 spiro atoms. The molecular weight excluding hydrogens is 379 g/mol. The summed E-state index contributed by atoms with van der Waals surface area (Å²) in [5, 5.41) is 5.01. The number of piperidine rings is 1. The number of carbonyl (C=O) groups is 2. The number of carbonyl (C=O) groups excluding carboxylic acids is 2. The standard InChI is InChI=1S/C21H25FN2O3S/c1-2-27-21(26)16-5-3-11-24(13-16)14-19(25)23-20(18-6-4-12-28-18)15-7-9-17(22)10-8-15/h4,6-10,12,16,20H,2-3,5,11,13-14H2,1H3,(H,23,25)/t16-,20-/m0/s1. The molecule has 1 amide bonds. The highest BCUT2D eigenvalue weighted by Gasteiger charge is 2.28. The van der Waals surface area contributed by atoms with Gasteiger partial charge in [0.05, 0.1) is 25.1 Å². The smallest absolute Gasteiger partial charge is 0.310 e. The molecule has 1 aromatic heterocycles. The van der Waals surface area contributed by atoms with Gasteiger partial charge >= 0.3 is 5.97 Å². The highest BCUT2D eigenvalue weighted by molar-refractivity contribution is 7.10. The average Bonchev–Trinajstić information content (AvgIpc) is 3.22. The first kappa shape index (κ1) is 20.5. The van der Waals surface area contributed by atoms with Gasteiger partial charge in [-0.3, -0.25) is 14.5 Å². The van der Waals surface area contributed by atoms with E-state index < -0.39 is 0 Å². The molecule has 3 rings (SSSR count). The predicted octanol–water partition coefficient (Wildman–Crippen LogP) is 3.37. The number of hydrogen-bond acceptors (Lipinski definition) is 5. The lowest BCUT2D eigenvalue weighted by Gasteiger charge is -2.31. The van der Waals surface area contributed by atoms with Crippen molar-refractivity contribution < 1.29 is 18.7 Å². The molecule has 1 saturated heterocycles. The van der Waals surface area contributed by atoms with Crippen LogP contribution >= 0.6 is 11.3 Å². The van der Waals surface area contributed by atoms with Crippen molar-refractivity contribution in [1.29, 1.82) is 0 Å². The monoisotopic (exact) mass is 404 g/mol. The molecule has 0 bridgehead atoms. The fraction of sp³-hybridized carbons (Fsp3) is 0.429. The van der Waals surface area contributed by atoms with Gasteiger partial charge < -0.3 is 10.1 Å². The Bertz CT molecular complexity index is 779. The lowest BCUT2D eigenvalue weighted by atomic mass is 9.98. The summed E-state index contributed by atoms with van der Waals surface area (Å²) >= 11 is 1.54. The van der Waals surface area contributed by atoms with Crippen LogP contribution < -0.4 is 5.32 Å². The first-order chi connectivity index (χ1) is 13.6. The van der Waals surface area contributed by atoms with Crippen LogP contribution in [0.15, 0.2) is 41.8 Å². The molecule has 2 heterocycles. The normalized spacial score (nSPS) is 18.4. The van der Waals surface area contributed by atoms with E-state index in [2.05, 4.69) is 5.32 Å². The van der Waals surface area contributed by atoms with E-state index in [1.165, 1.54) is 12.1 Å². The number of thiophene rings is 1. The van der Waals surface area contributed by atoms with Gasteiger partial charge in [0.15, 0.2) is 0 Å². The number of ether oxygens (including phenoxy) is 1. The van der Waals surface area contributed by atoms with E-state index in [1.54, 1.807) is 30.4 Å². The maximum atomic E-state index is 13.3. The van der Waals surface area contributed by atoms with Gasteiger partial charge in [-0.15, -0.1) is 11.3 Å². The van der Waals surface area contributed by atoms with Gasteiger partial charge in [-0.05, 0) is 55.5 Å². The van der Waals surface area contributed by atoms with E-state index >= 15 is 0 Å². The Morgan fingerprint density at radius 2 is 2.11 bits per heavy atom. The lowest BCUT2D eigenvalue weighted by Crippen LogP contribution is -2.45. The third-order valence-electron chi connectivity index (χ3n) is 4.83. The van der Waals surface area contributed by atoms with Crippen molar-refractivity contribution in [2.24, 2.45) is 5.92 Å². The van der Waals surface area contributed by atoms with Gasteiger partial charge in [-0.2, -0.15) is 0 Å². The second kappa shape index (κ2) is 9.80. The fourth-order valence-corrected chi connectivity index (χ4v) is 4.29. The van der Waals surface area contributed by atoms with E-state index in [-0.39, 0.29) is 36.2 Å². The number of nitrogens with one attached hydrogen (secondary N) is 1. The molecule has 2 aromatic rings. The van der Waals surface area contributed by atoms with Crippen LogP contribution in [0.25, 0.3) is 0 Å². The number of nitrogens with zero attached hydrogens (tertiary/aromatic N) is 1.